The number of benzene rings is 1. The van der Waals surface area contributed by atoms with E-state index in [-0.39, 0.29) is 24.6 Å². The molecule has 44 heavy (non-hydrogen) atoms. The lowest BCUT2D eigenvalue weighted by Crippen LogP contribution is -2.28. The Morgan fingerprint density at radius 3 is 2.57 bits per heavy atom. The van der Waals surface area contributed by atoms with Crippen LogP contribution in [0.25, 0.3) is 0 Å². The Hall–Kier alpha value is -3.75. The molecule has 4 atom stereocenters. The second-order valence-electron chi connectivity index (χ2n) is 11.3. The summed E-state index contributed by atoms with van der Waals surface area (Å²) in [5, 5.41) is 10.2. The molecule has 0 bridgehead atoms. The molecule has 1 aromatic carbocycles. The highest BCUT2D eigenvalue weighted by Gasteiger charge is 2.25. The van der Waals surface area contributed by atoms with Gasteiger partial charge in [0.15, 0.2) is 5.78 Å². The molecule has 1 aliphatic heterocycles. The van der Waals surface area contributed by atoms with Crippen LogP contribution < -0.4 is 4.74 Å². The topological polar surface area (TPSA) is 86.8 Å². The van der Waals surface area contributed by atoms with E-state index in [4.69, 9.17) is 23.7 Å². The van der Waals surface area contributed by atoms with Gasteiger partial charge in [0.25, 0.3) is 0 Å². The van der Waals surface area contributed by atoms with Crippen molar-refractivity contribution in [2.75, 3.05) is 33.0 Å². The maximum absolute atomic E-state index is 11.7. The van der Waals surface area contributed by atoms with Crippen molar-refractivity contribution in [3.63, 3.8) is 0 Å². The summed E-state index contributed by atoms with van der Waals surface area (Å²) in [5.74, 6) is 1.48. The lowest BCUT2D eigenvalue weighted by molar-refractivity contribution is -0.111. The van der Waals surface area contributed by atoms with Crippen LogP contribution >= 0.6 is 0 Å². The van der Waals surface area contributed by atoms with Gasteiger partial charge in [-0.15, -0.1) is 0 Å². The fraction of sp³-hybridized carbons (Fsp3) is 0.378. The Morgan fingerprint density at radius 1 is 1.07 bits per heavy atom. The highest BCUT2D eigenvalue weighted by atomic mass is 16.6. The molecule has 0 saturated carbocycles. The number of allylic oxidation sites excluding steroid dienone is 11. The first-order valence-corrected chi connectivity index (χ1v) is 15.2. The van der Waals surface area contributed by atoms with Gasteiger partial charge in [0.1, 0.15) is 36.8 Å². The van der Waals surface area contributed by atoms with Crippen LogP contribution in [0, 0.1) is 0 Å². The van der Waals surface area contributed by atoms with Crippen molar-refractivity contribution < 1.29 is 33.6 Å². The second kappa shape index (κ2) is 16.9. The van der Waals surface area contributed by atoms with E-state index in [0.29, 0.717) is 31.8 Å². The summed E-state index contributed by atoms with van der Waals surface area (Å²) in [7, 11) is 0. The molecule has 0 spiro atoms. The number of hydrogen-bond acceptors (Lipinski definition) is 7. The molecular formula is C37H44O7. The minimum absolute atomic E-state index is 0.0662. The van der Waals surface area contributed by atoms with Crippen LogP contribution in [-0.2, 0) is 23.7 Å². The van der Waals surface area contributed by atoms with Gasteiger partial charge in [-0.3, -0.25) is 4.79 Å². The summed E-state index contributed by atoms with van der Waals surface area (Å²) in [5.41, 5.74) is 2.16. The smallest absolute Gasteiger partial charge is 0.180 e. The summed E-state index contributed by atoms with van der Waals surface area (Å²) in [4.78, 5) is 11.7. The van der Waals surface area contributed by atoms with E-state index in [1.54, 1.807) is 6.92 Å². The van der Waals surface area contributed by atoms with Gasteiger partial charge in [0.05, 0.1) is 31.7 Å². The zero-order valence-corrected chi connectivity index (χ0v) is 25.7. The summed E-state index contributed by atoms with van der Waals surface area (Å²) >= 11 is 0. The maximum Gasteiger partial charge on any atom is 0.180 e. The van der Waals surface area contributed by atoms with Crippen LogP contribution in [0.5, 0.6) is 5.75 Å². The van der Waals surface area contributed by atoms with Gasteiger partial charge < -0.3 is 28.8 Å². The third kappa shape index (κ3) is 12.1. The Kier molecular flexibility index (Phi) is 12.8. The first-order chi connectivity index (χ1) is 21.3. The Balaban J connectivity index is 1.23. The maximum atomic E-state index is 11.7. The van der Waals surface area contributed by atoms with Gasteiger partial charge in [0.2, 0.25) is 0 Å². The van der Waals surface area contributed by atoms with Crippen molar-refractivity contribution in [1.82, 2.24) is 0 Å². The molecule has 0 radical (unpaired) electrons. The quantitative estimate of drug-likeness (QED) is 0.156. The van der Waals surface area contributed by atoms with Crippen LogP contribution in [0.15, 0.2) is 126 Å². The Labute approximate surface area is 261 Å². The summed E-state index contributed by atoms with van der Waals surface area (Å²) < 4.78 is 29.4. The van der Waals surface area contributed by atoms with Crippen LogP contribution in [0.2, 0.25) is 0 Å². The zero-order chi connectivity index (χ0) is 31.2. The molecule has 234 valence electrons. The van der Waals surface area contributed by atoms with E-state index < -0.39 is 11.7 Å². The van der Waals surface area contributed by atoms with Crippen molar-refractivity contribution >= 4 is 5.78 Å². The molecule has 7 heteroatoms. The van der Waals surface area contributed by atoms with Gasteiger partial charge in [-0.2, -0.15) is 0 Å². The average Bonchev–Trinajstić information content (AvgIpc) is 3.89. The van der Waals surface area contributed by atoms with E-state index in [1.807, 2.05) is 61.6 Å². The van der Waals surface area contributed by atoms with E-state index in [0.717, 1.165) is 31.0 Å². The van der Waals surface area contributed by atoms with Crippen LogP contribution in [0.3, 0.4) is 0 Å². The first kappa shape index (κ1) is 33.1. The third-order valence-electron chi connectivity index (χ3n) is 7.21. The van der Waals surface area contributed by atoms with E-state index in [2.05, 4.69) is 37.0 Å². The molecule has 7 nitrogen and oxygen atoms in total. The van der Waals surface area contributed by atoms with Gasteiger partial charge >= 0.3 is 0 Å². The molecular weight excluding hydrogens is 556 g/mol. The van der Waals surface area contributed by atoms with Crippen molar-refractivity contribution in [2.45, 2.75) is 57.0 Å². The summed E-state index contributed by atoms with van der Waals surface area (Å²) in [6.45, 7) is 9.33. The highest BCUT2D eigenvalue weighted by Crippen LogP contribution is 2.24. The molecule has 0 amide bonds. The molecule has 0 aromatic heterocycles. The van der Waals surface area contributed by atoms with Crippen molar-refractivity contribution in [3.8, 4) is 5.75 Å². The molecule has 1 fully saturated rings. The van der Waals surface area contributed by atoms with Crippen LogP contribution in [0.1, 0.15) is 33.1 Å². The standard InChI is InChI=1S/C37H44O7/c1-28(2)36(39)19-17-31(38)23-44-37(3)21-8-10-30(20-22-37)15-14-29-9-7-13-33(18-16-29)41-25-34(42-26-35-27-43-35)24-40-32-11-5-4-6-12-32/h4-12,16-22,31,34-35,38H,1,13-15,23-27H2,2-3H3/b19-17+. The third-order valence-corrected chi connectivity index (χ3v) is 7.21. The minimum Gasteiger partial charge on any atom is -0.495 e. The van der Waals surface area contributed by atoms with Crippen molar-refractivity contribution in [1.29, 1.82) is 0 Å². The van der Waals surface area contributed by atoms with Crippen LogP contribution in [-0.4, -0.2) is 67.8 Å². The summed E-state index contributed by atoms with van der Waals surface area (Å²) in [6, 6.07) is 9.71. The van der Waals surface area contributed by atoms with Crippen molar-refractivity contribution in [2.24, 2.45) is 0 Å². The fourth-order valence-corrected chi connectivity index (χ4v) is 4.34. The number of ether oxygens (including phenoxy) is 5. The van der Waals surface area contributed by atoms with E-state index >= 15 is 0 Å². The second-order valence-corrected chi connectivity index (χ2v) is 11.3. The predicted molar refractivity (Wildman–Crippen MR) is 172 cm³/mol. The number of carbonyl (C=O) groups is 1. The number of carbonyl (C=O) groups excluding carboxylic acids is 1. The first-order valence-electron chi connectivity index (χ1n) is 15.2. The molecule has 4 rings (SSSR count). The highest BCUT2D eigenvalue weighted by molar-refractivity contribution is 6.02. The van der Waals surface area contributed by atoms with Gasteiger partial charge in [-0.25, -0.2) is 0 Å². The average molecular weight is 601 g/mol. The Bertz CT molecular complexity index is 1330. The molecule has 3 aliphatic rings. The Morgan fingerprint density at radius 2 is 1.82 bits per heavy atom. The number of aliphatic hydroxyl groups is 1. The van der Waals surface area contributed by atoms with E-state index in [9.17, 15) is 9.90 Å². The molecule has 1 heterocycles. The number of ketones is 1. The number of aliphatic hydroxyl groups excluding tert-OH is 1. The fourth-order valence-electron chi connectivity index (χ4n) is 4.34. The molecule has 4 unspecified atom stereocenters. The molecule has 1 N–H and O–H groups in total. The predicted octanol–water partition coefficient (Wildman–Crippen LogP) is 6.31. The van der Waals surface area contributed by atoms with Gasteiger partial charge in [-0.05, 0) is 79.8 Å². The minimum atomic E-state index is -0.887. The lowest BCUT2D eigenvalue weighted by atomic mass is 10.0. The number of para-hydroxylation sites is 1. The number of rotatable bonds is 18. The largest absolute Gasteiger partial charge is 0.495 e. The van der Waals surface area contributed by atoms with Crippen LogP contribution in [0.4, 0.5) is 0 Å². The summed E-state index contributed by atoms with van der Waals surface area (Å²) in [6.07, 6.45) is 22.8. The van der Waals surface area contributed by atoms with Crippen molar-refractivity contribution in [3.05, 3.63) is 126 Å². The number of hydrogen-bond donors (Lipinski definition) is 1. The van der Waals surface area contributed by atoms with E-state index in [1.165, 1.54) is 23.3 Å². The monoisotopic (exact) mass is 600 g/mol. The molecule has 1 saturated heterocycles. The molecule has 2 aliphatic carbocycles. The lowest BCUT2D eigenvalue weighted by Gasteiger charge is -2.23. The SMILES string of the molecule is C=C(C)C(=O)/C=C/C(O)COC1(C)C=CC=C(CCC2=CC=C(OCC(COc3ccccc3)OCC3CO3)CC=C2)C=C1. The van der Waals surface area contributed by atoms with Gasteiger partial charge in [-0.1, -0.05) is 67.3 Å². The normalized spacial score (nSPS) is 22.3. The van der Waals surface area contributed by atoms with Gasteiger partial charge in [0, 0.05) is 6.42 Å². The molecule has 1 aromatic rings. The number of epoxide rings is 1. The zero-order valence-electron chi connectivity index (χ0n) is 25.7.